The fourth-order valence-electron chi connectivity index (χ4n) is 2.52. The summed E-state index contributed by atoms with van der Waals surface area (Å²) in [7, 11) is -4.11. The molecule has 3 aromatic rings. The molecule has 0 fully saturated rings. The quantitative estimate of drug-likeness (QED) is 0.273. The molecule has 0 radical (unpaired) electrons. The van der Waals surface area contributed by atoms with Crippen molar-refractivity contribution in [3.63, 3.8) is 0 Å². The predicted octanol–water partition coefficient (Wildman–Crippen LogP) is 6.38. The molecule has 3 aromatic carbocycles. The first-order valence-corrected chi connectivity index (χ1v) is 12.1. The van der Waals surface area contributed by atoms with Crippen molar-refractivity contribution in [2.24, 2.45) is 0 Å². The van der Waals surface area contributed by atoms with E-state index in [-0.39, 0.29) is 21.1 Å². The molecule has 4 nitrogen and oxygen atoms in total. The predicted molar refractivity (Wildman–Crippen MR) is 124 cm³/mol. The lowest BCUT2D eigenvalue weighted by Gasteiger charge is -2.10. The van der Waals surface area contributed by atoms with Crippen LogP contribution < -0.4 is 0 Å². The highest BCUT2D eigenvalue weighted by Crippen LogP contribution is 2.29. The standard InChI is InChI=1S/C21H13Br3O4S/c22-15-4-2-14(3-5-15)21(26)20(12-13-1-10-18(24)19(25)11-13)29(27,28)17-8-6-16(23)7-9-17/h1-12,25H/b20-12+. The fraction of sp³-hybridized carbons (Fsp3) is 0. The first kappa shape index (κ1) is 22.0. The Hall–Kier alpha value is -1.74. The summed E-state index contributed by atoms with van der Waals surface area (Å²) >= 11 is 9.77. The maximum absolute atomic E-state index is 13.3. The maximum Gasteiger partial charge on any atom is 0.210 e. The molecule has 148 valence electrons. The second kappa shape index (κ2) is 8.95. The summed E-state index contributed by atoms with van der Waals surface area (Å²) in [6.07, 6.45) is 1.27. The van der Waals surface area contributed by atoms with Crippen molar-refractivity contribution in [1.29, 1.82) is 0 Å². The van der Waals surface area contributed by atoms with E-state index in [1.807, 2.05) is 0 Å². The monoisotopic (exact) mass is 598 g/mol. The van der Waals surface area contributed by atoms with Crippen LogP contribution in [0.25, 0.3) is 6.08 Å². The van der Waals surface area contributed by atoms with E-state index in [9.17, 15) is 18.3 Å². The third-order valence-corrected chi connectivity index (χ3v) is 7.51. The smallest absolute Gasteiger partial charge is 0.210 e. The first-order chi connectivity index (χ1) is 13.7. The molecule has 0 heterocycles. The second-order valence-electron chi connectivity index (χ2n) is 6.01. The number of carbonyl (C=O) groups excluding carboxylic acids is 1. The van der Waals surface area contributed by atoms with E-state index in [4.69, 9.17) is 0 Å². The minimum absolute atomic E-state index is 0.00116. The highest BCUT2D eigenvalue weighted by molar-refractivity contribution is 9.11. The van der Waals surface area contributed by atoms with Gasteiger partial charge in [0.1, 0.15) is 10.7 Å². The molecule has 0 aromatic heterocycles. The Labute approximate surface area is 193 Å². The highest BCUT2D eigenvalue weighted by Gasteiger charge is 2.28. The molecule has 0 atom stereocenters. The lowest BCUT2D eigenvalue weighted by molar-refractivity contribution is 0.104. The Balaban J connectivity index is 2.18. The molecule has 0 saturated heterocycles. The van der Waals surface area contributed by atoms with Crippen LogP contribution in [0.2, 0.25) is 0 Å². The van der Waals surface area contributed by atoms with Crippen LogP contribution in [0, 0.1) is 0 Å². The third kappa shape index (κ3) is 5.06. The molecule has 0 spiro atoms. The van der Waals surface area contributed by atoms with E-state index in [2.05, 4.69) is 47.8 Å². The zero-order valence-corrected chi connectivity index (χ0v) is 20.2. The summed E-state index contributed by atoms with van der Waals surface area (Å²) in [4.78, 5) is 12.8. The SMILES string of the molecule is O=C(/C(=C\c1ccc(Br)c(O)c1)S(=O)(=O)c1ccc(Br)cc1)c1ccc(Br)cc1. The van der Waals surface area contributed by atoms with Gasteiger partial charge < -0.3 is 5.11 Å². The Kier molecular flexibility index (Phi) is 6.78. The Morgan fingerprint density at radius 3 is 1.93 bits per heavy atom. The Morgan fingerprint density at radius 1 is 0.828 bits per heavy atom. The summed E-state index contributed by atoms with van der Waals surface area (Å²) in [6.45, 7) is 0. The minimum atomic E-state index is -4.11. The number of sulfone groups is 1. The third-order valence-electron chi connectivity index (χ3n) is 4.01. The van der Waals surface area contributed by atoms with Crippen molar-refractivity contribution in [2.45, 2.75) is 4.90 Å². The van der Waals surface area contributed by atoms with E-state index < -0.39 is 15.6 Å². The summed E-state index contributed by atoms with van der Waals surface area (Å²) < 4.78 is 28.5. The van der Waals surface area contributed by atoms with Gasteiger partial charge in [0.05, 0.1) is 9.37 Å². The fourth-order valence-corrected chi connectivity index (χ4v) is 4.70. The number of Topliss-reactive ketones (excluding diaryl/α,β-unsaturated/α-hetero) is 1. The molecular formula is C21H13Br3O4S. The van der Waals surface area contributed by atoms with Gasteiger partial charge in [-0.1, -0.05) is 37.9 Å². The number of phenols is 1. The number of aromatic hydroxyl groups is 1. The van der Waals surface area contributed by atoms with Crippen molar-refractivity contribution in [2.75, 3.05) is 0 Å². The number of hydrogen-bond donors (Lipinski definition) is 1. The zero-order valence-electron chi connectivity index (χ0n) is 14.6. The molecule has 0 aliphatic carbocycles. The normalized spacial score (nSPS) is 12.0. The maximum atomic E-state index is 13.3. The lowest BCUT2D eigenvalue weighted by Crippen LogP contribution is -2.14. The molecule has 0 aliphatic rings. The van der Waals surface area contributed by atoms with Gasteiger partial charge in [-0.25, -0.2) is 8.42 Å². The number of carbonyl (C=O) groups is 1. The van der Waals surface area contributed by atoms with Crippen LogP contribution in [0.4, 0.5) is 0 Å². The van der Waals surface area contributed by atoms with E-state index in [1.54, 1.807) is 48.5 Å². The van der Waals surface area contributed by atoms with Crippen molar-refractivity contribution in [3.8, 4) is 5.75 Å². The number of hydrogen-bond acceptors (Lipinski definition) is 4. The van der Waals surface area contributed by atoms with E-state index in [0.717, 1.165) is 8.95 Å². The van der Waals surface area contributed by atoms with Crippen molar-refractivity contribution in [1.82, 2.24) is 0 Å². The van der Waals surface area contributed by atoms with Crippen LogP contribution in [0.15, 0.2) is 89.9 Å². The summed E-state index contributed by atoms with van der Waals surface area (Å²) in [6, 6.07) is 17.1. The zero-order chi connectivity index (χ0) is 21.2. The molecule has 3 rings (SSSR count). The van der Waals surface area contributed by atoms with Crippen LogP contribution in [0.1, 0.15) is 15.9 Å². The van der Waals surface area contributed by atoms with Gasteiger partial charge in [0.25, 0.3) is 0 Å². The molecule has 0 bridgehead atoms. The highest BCUT2D eigenvalue weighted by atomic mass is 79.9. The van der Waals surface area contributed by atoms with Gasteiger partial charge in [0.15, 0.2) is 0 Å². The topological polar surface area (TPSA) is 71.4 Å². The van der Waals surface area contributed by atoms with Gasteiger partial charge in [0.2, 0.25) is 15.6 Å². The van der Waals surface area contributed by atoms with Gasteiger partial charge in [-0.05, 0) is 88.2 Å². The summed E-state index contributed by atoms with van der Waals surface area (Å²) in [5.41, 5.74) is 0.619. The number of halogens is 3. The van der Waals surface area contributed by atoms with Crippen LogP contribution in [-0.4, -0.2) is 19.3 Å². The Bertz CT molecular complexity index is 1200. The van der Waals surface area contributed by atoms with Gasteiger partial charge in [-0.3, -0.25) is 4.79 Å². The van der Waals surface area contributed by atoms with Crippen molar-refractivity contribution < 1.29 is 18.3 Å². The average molecular weight is 601 g/mol. The molecule has 0 saturated carbocycles. The number of ketones is 1. The van der Waals surface area contributed by atoms with Gasteiger partial charge in [0, 0.05) is 14.5 Å². The minimum Gasteiger partial charge on any atom is -0.507 e. The number of benzene rings is 3. The van der Waals surface area contributed by atoms with Gasteiger partial charge in [-0.15, -0.1) is 0 Å². The number of phenolic OH excluding ortho intramolecular Hbond substituents is 1. The second-order valence-corrected chi connectivity index (χ2v) is 10.6. The number of allylic oxidation sites excluding steroid dienone is 1. The van der Waals surface area contributed by atoms with E-state index in [1.165, 1.54) is 24.3 Å². The van der Waals surface area contributed by atoms with E-state index in [0.29, 0.717) is 10.0 Å². The van der Waals surface area contributed by atoms with Crippen LogP contribution in [0.5, 0.6) is 5.75 Å². The Morgan fingerprint density at radius 2 is 1.38 bits per heavy atom. The van der Waals surface area contributed by atoms with Crippen molar-refractivity contribution >= 4 is 69.5 Å². The molecule has 1 N–H and O–H groups in total. The molecule has 0 unspecified atom stereocenters. The van der Waals surface area contributed by atoms with Crippen LogP contribution in [-0.2, 0) is 9.84 Å². The molecule has 29 heavy (non-hydrogen) atoms. The molecule has 0 amide bonds. The van der Waals surface area contributed by atoms with Gasteiger partial charge >= 0.3 is 0 Å². The van der Waals surface area contributed by atoms with Crippen molar-refractivity contribution in [3.05, 3.63) is 96.2 Å². The first-order valence-electron chi connectivity index (χ1n) is 8.19. The van der Waals surface area contributed by atoms with Crippen LogP contribution >= 0.6 is 47.8 Å². The molecular weight excluding hydrogens is 588 g/mol. The largest absolute Gasteiger partial charge is 0.507 e. The summed E-state index contributed by atoms with van der Waals surface area (Å²) in [5.74, 6) is -0.696. The van der Waals surface area contributed by atoms with E-state index >= 15 is 0 Å². The lowest BCUT2D eigenvalue weighted by atomic mass is 10.1. The molecule has 0 aliphatic heterocycles. The van der Waals surface area contributed by atoms with Crippen LogP contribution in [0.3, 0.4) is 0 Å². The summed E-state index contributed by atoms with van der Waals surface area (Å²) in [5, 5.41) is 9.93. The molecule has 8 heteroatoms. The van der Waals surface area contributed by atoms with Gasteiger partial charge in [-0.2, -0.15) is 0 Å². The number of rotatable bonds is 5. The average Bonchev–Trinajstić information content (AvgIpc) is 2.69.